The zero-order valence-electron chi connectivity index (χ0n) is 9.40. The lowest BCUT2D eigenvalue weighted by molar-refractivity contribution is 0.356. The summed E-state index contributed by atoms with van der Waals surface area (Å²) >= 11 is 0. The van der Waals surface area contributed by atoms with Gasteiger partial charge in [0, 0.05) is 11.5 Å². The van der Waals surface area contributed by atoms with Crippen LogP contribution in [0.15, 0.2) is 23.0 Å². The molecular weight excluding hydrogens is 220 g/mol. The number of hydrogen-bond acceptors (Lipinski definition) is 4. The Balaban J connectivity index is 2.80. The third-order valence-corrected chi connectivity index (χ3v) is 2.47. The van der Waals surface area contributed by atoms with E-state index in [0.29, 0.717) is 17.0 Å². The summed E-state index contributed by atoms with van der Waals surface area (Å²) in [7, 11) is 3.05. The van der Waals surface area contributed by atoms with Gasteiger partial charge < -0.3 is 14.5 Å². The summed E-state index contributed by atoms with van der Waals surface area (Å²) in [6.07, 6.45) is 0. The van der Waals surface area contributed by atoms with Gasteiger partial charge in [-0.2, -0.15) is 5.26 Å². The number of ether oxygens (including phenoxy) is 2. The highest BCUT2D eigenvalue weighted by Gasteiger charge is 2.08. The third kappa shape index (κ3) is 1.81. The molecule has 5 nitrogen and oxygen atoms in total. The first-order valence-electron chi connectivity index (χ1n) is 4.88. The van der Waals surface area contributed by atoms with Gasteiger partial charge in [-0.05, 0) is 12.1 Å². The number of rotatable bonds is 2. The summed E-state index contributed by atoms with van der Waals surface area (Å²) in [5.41, 5.74) is 0.267. The fourth-order valence-corrected chi connectivity index (χ4v) is 1.62. The summed E-state index contributed by atoms with van der Waals surface area (Å²) < 4.78 is 10.3. The van der Waals surface area contributed by atoms with Crippen LogP contribution in [0.5, 0.6) is 11.5 Å². The SMILES string of the molecule is COc1cc2cc(C#N)c(=O)[nH]c2cc1OC. The van der Waals surface area contributed by atoms with E-state index in [1.807, 2.05) is 6.07 Å². The molecule has 0 aliphatic rings. The first-order chi connectivity index (χ1) is 8.19. The highest BCUT2D eigenvalue weighted by Crippen LogP contribution is 2.30. The molecule has 0 bridgehead atoms. The normalized spacial score (nSPS) is 9.94. The van der Waals surface area contributed by atoms with Crippen LogP contribution in [-0.4, -0.2) is 19.2 Å². The average molecular weight is 230 g/mol. The fraction of sp³-hybridized carbons (Fsp3) is 0.167. The van der Waals surface area contributed by atoms with E-state index in [1.165, 1.54) is 20.3 Å². The predicted octanol–water partition coefficient (Wildman–Crippen LogP) is 1.42. The van der Waals surface area contributed by atoms with Crippen molar-refractivity contribution < 1.29 is 9.47 Å². The van der Waals surface area contributed by atoms with E-state index < -0.39 is 5.56 Å². The molecule has 2 aromatic rings. The molecule has 0 spiro atoms. The quantitative estimate of drug-likeness (QED) is 0.846. The number of nitriles is 1. The minimum atomic E-state index is -0.410. The molecule has 0 saturated carbocycles. The van der Waals surface area contributed by atoms with E-state index in [2.05, 4.69) is 4.98 Å². The number of hydrogen-bond donors (Lipinski definition) is 1. The Kier molecular flexibility index (Phi) is 2.71. The molecule has 0 fully saturated rings. The molecule has 0 amide bonds. The van der Waals surface area contributed by atoms with E-state index >= 15 is 0 Å². The highest BCUT2D eigenvalue weighted by molar-refractivity contribution is 5.83. The molecule has 5 heteroatoms. The number of nitrogens with one attached hydrogen (secondary N) is 1. The van der Waals surface area contributed by atoms with Crippen molar-refractivity contribution >= 4 is 10.9 Å². The van der Waals surface area contributed by atoms with Crippen LogP contribution in [0.2, 0.25) is 0 Å². The topological polar surface area (TPSA) is 75.1 Å². The molecule has 1 aromatic heterocycles. The second kappa shape index (κ2) is 4.18. The van der Waals surface area contributed by atoms with Crippen molar-refractivity contribution in [1.29, 1.82) is 5.26 Å². The molecule has 0 aliphatic heterocycles. The number of methoxy groups -OCH3 is 2. The summed E-state index contributed by atoms with van der Waals surface area (Å²) in [5.74, 6) is 1.08. The molecule has 1 N–H and O–H groups in total. The van der Waals surface area contributed by atoms with Gasteiger partial charge in [0.25, 0.3) is 5.56 Å². The minimum absolute atomic E-state index is 0.0738. The molecule has 0 unspecified atom stereocenters. The molecule has 0 radical (unpaired) electrons. The van der Waals surface area contributed by atoms with Crippen molar-refractivity contribution in [2.75, 3.05) is 14.2 Å². The third-order valence-electron chi connectivity index (χ3n) is 2.47. The first kappa shape index (κ1) is 11.0. The van der Waals surface area contributed by atoms with Gasteiger partial charge in [-0.1, -0.05) is 0 Å². The Labute approximate surface area is 97.2 Å². The van der Waals surface area contributed by atoms with Gasteiger partial charge >= 0.3 is 0 Å². The lowest BCUT2D eigenvalue weighted by atomic mass is 10.1. The molecule has 1 aromatic carbocycles. The number of H-pyrrole nitrogens is 1. The van der Waals surface area contributed by atoms with Crippen LogP contribution in [0.1, 0.15) is 5.56 Å². The molecule has 0 aliphatic carbocycles. The van der Waals surface area contributed by atoms with Gasteiger partial charge in [-0.15, -0.1) is 0 Å². The van der Waals surface area contributed by atoms with E-state index in [0.717, 1.165) is 5.39 Å². The number of aromatic amines is 1. The number of pyridine rings is 1. The van der Waals surface area contributed by atoms with Gasteiger partial charge in [0.05, 0.1) is 19.7 Å². The van der Waals surface area contributed by atoms with Crippen LogP contribution in [0.4, 0.5) is 0 Å². The maximum atomic E-state index is 11.5. The minimum Gasteiger partial charge on any atom is -0.493 e. The van der Waals surface area contributed by atoms with Gasteiger partial charge in [0.15, 0.2) is 11.5 Å². The van der Waals surface area contributed by atoms with Crippen LogP contribution >= 0.6 is 0 Å². The number of aromatic nitrogens is 1. The van der Waals surface area contributed by atoms with Crippen LogP contribution in [0.25, 0.3) is 10.9 Å². The van der Waals surface area contributed by atoms with E-state index in [9.17, 15) is 4.79 Å². The number of fused-ring (bicyclic) bond motifs is 1. The molecular formula is C12H10N2O3. The van der Waals surface area contributed by atoms with Gasteiger partial charge in [-0.25, -0.2) is 0 Å². The van der Waals surface area contributed by atoms with Crippen LogP contribution in [-0.2, 0) is 0 Å². The van der Waals surface area contributed by atoms with Crippen LogP contribution < -0.4 is 15.0 Å². The molecule has 1 heterocycles. The van der Waals surface area contributed by atoms with Gasteiger partial charge in [0.1, 0.15) is 11.6 Å². The number of nitrogens with zero attached hydrogens (tertiary/aromatic N) is 1. The lowest BCUT2D eigenvalue weighted by Crippen LogP contribution is -2.09. The van der Waals surface area contributed by atoms with Crippen molar-refractivity contribution in [2.24, 2.45) is 0 Å². The van der Waals surface area contributed by atoms with Gasteiger partial charge in [0.2, 0.25) is 0 Å². The molecule has 2 rings (SSSR count). The van der Waals surface area contributed by atoms with E-state index in [-0.39, 0.29) is 5.56 Å². The second-order valence-corrected chi connectivity index (χ2v) is 3.42. The maximum Gasteiger partial charge on any atom is 0.266 e. The van der Waals surface area contributed by atoms with Crippen molar-refractivity contribution in [3.63, 3.8) is 0 Å². The van der Waals surface area contributed by atoms with Crippen molar-refractivity contribution in [3.05, 3.63) is 34.1 Å². The Morgan fingerprint density at radius 1 is 1.18 bits per heavy atom. The van der Waals surface area contributed by atoms with Crippen molar-refractivity contribution in [1.82, 2.24) is 4.98 Å². The average Bonchev–Trinajstić information content (AvgIpc) is 2.36. The molecule has 17 heavy (non-hydrogen) atoms. The van der Waals surface area contributed by atoms with Crippen LogP contribution in [0.3, 0.4) is 0 Å². The van der Waals surface area contributed by atoms with Crippen LogP contribution in [0, 0.1) is 11.3 Å². The van der Waals surface area contributed by atoms with Gasteiger partial charge in [-0.3, -0.25) is 4.79 Å². The zero-order valence-corrected chi connectivity index (χ0v) is 9.40. The predicted molar refractivity (Wildman–Crippen MR) is 62.4 cm³/mol. The highest BCUT2D eigenvalue weighted by atomic mass is 16.5. The molecule has 0 atom stereocenters. The number of benzene rings is 1. The van der Waals surface area contributed by atoms with E-state index in [4.69, 9.17) is 14.7 Å². The second-order valence-electron chi connectivity index (χ2n) is 3.42. The lowest BCUT2D eigenvalue weighted by Gasteiger charge is -2.08. The monoisotopic (exact) mass is 230 g/mol. The Bertz CT molecular complexity index is 668. The zero-order chi connectivity index (χ0) is 12.4. The molecule has 0 saturated heterocycles. The van der Waals surface area contributed by atoms with E-state index in [1.54, 1.807) is 12.1 Å². The standard InChI is InChI=1S/C12H10N2O3/c1-16-10-4-7-3-8(6-13)12(15)14-9(7)5-11(10)17-2/h3-5H,1-2H3,(H,14,15). The van der Waals surface area contributed by atoms with Crippen molar-refractivity contribution in [2.45, 2.75) is 0 Å². The first-order valence-corrected chi connectivity index (χ1v) is 4.88. The summed E-state index contributed by atoms with van der Waals surface area (Å²) in [4.78, 5) is 14.1. The largest absolute Gasteiger partial charge is 0.493 e. The summed E-state index contributed by atoms with van der Waals surface area (Å²) in [6.45, 7) is 0. The summed E-state index contributed by atoms with van der Waals surface area (Å²) in [6, 6.07) is 6.74. The fourth-order valence-electron chi connectivity index (χ4n) is 1.62. The molecule has 86 valence electrons. The maximum absolute atomic E-state index is 11.5. The Morgan fingerprint density at radius 2 is 1.82 bits per heavy atom. The smallest absolute Gasteiger partial charge is 0.266 e. The Morgan fingerprint density at radius 3 is 2.41 bits per heavy atom. The Hall–Kier alpha value is -2.48. The summed E-state index contributed by atoms with van der Waals surface area (Å²) in [5, 5.41) is 9.50. The van der Waals surface area contributed by atoms with Crippen molar-refractivity contribution in [3.8, 4) is 17.6 Å².